The molecule has 0 bridgehead atoms. The molecule has 0 aliphatic rings. The quantitative estimate of drug-likeness (QED) is 0.686. The van der Waals surface area contributed by atoms with E-state index in [0.717, 1.165) is 0 Å². The maximum atomic E-state index is 13.5. The van der Waals surface area contributed by atoms with Crippen molar-refractivity contribution in [3.63, 3.8) is 0 Å². The van der Waals surface area contributed by atoms with E-state index in [1.807, 2.05) is 6.07 Å². The number of hydrazone groups is 1. The van der Waals surface area contributed by atoms with Crippen molar-refractivity contribution in [1.29, 1.82) is 5.26 Å². The van der Waals surface area contributed by atoms with Crippen LogP contribution in [0, 0.1) is 23.0 Å². The fraction of sp³-hybridized carbons (Fsp3) is 0.0667. The van der Waals surface area contributed by atoms with Gasteiger partial charge in [0.2, 0.25) is 0 Å². The molecule has 2 aromatic rings. The van der Waals surface area contributed by atoms with E-state index in [1.54, 1.807) is 24.3 Å². The molecule has 5 heteroatoms. The highest BCUT2D eigenvalue weighted by molar-refractivity contribution is 5.79. The zero-order valence-corrected chi connectivity index (χ0v) is 10.4. The number of hydrogen-bond acceptors (Lipinski definition) is 3. The van der Waals surface area contributed by atoms with Crippen LogP contribution in [0.1, 0.15) is 17.2 Å². The molecule has 0 saturated carbocycles. The topological polar surface area (TPSA) is 48.2 Å². The van der Waals surface area contributed by atoms with Crippen LogP contribution in [0.15, 0.2) is 53.6 Å². The van der Waals surface area contributed by atoms with Crippen LogP contribution in [0.5, 0.6) is 0 Å². The summed E-state index contributed by atoms with van der Waals surface area (Å²) in [6, 6.07) is 13.0. The van der Waals surface area contributed by atoms with Gasteiger partial charge in [-0.05, 0) is 12.1 Å². The van der Waals surface area contributed by atoms with Gasteiger partial charge in [0.25, 0.3) is 0 Å². The third-order valence-electron chi connectivity index (χ3n) is 2.66. The summed E-state index contributed by atoms with van der Waals surface area (Å²) in [6.45, 7) is 0. The van der Waals surface area contributed by atoms with Gasteiger partial charge in [0.05, 0.1) is 12.3 Å². The maximum absolute atomic E-state index is 13.5. The van der Waals surface area contributed by atoms with E-state index < -0.39 is 17.7 Å². The molecule has 0 heterocycles. The van der Waals surface area contributed by atoms with Crippen LogP contribution in [-0.4, -0.2) is 6.21 Å². The highest BCUT2D eigenvalue weighted by Crippen LogP contribution is 2.15. The minimum atomic E-state index is -0.931. The lowest BCUT2D eigenvalue weighted by Crippen LogP contribution is -2.15. The molecule has 20 heavy (non-hydrogen) atoms. The Labute approximate surface area is 115 Å². The second-order valence-electron chi connectivity index (χ2n) is 3.99. The number of benzene rings is 2. The molecule has 100 valence electrons. The molecular weight excluding hydrogens is 260 g/mol. The molecular formula is C15H11F2N3. The third-order valence-corrected chi connectivity index (χ3v) is 2.66. The average Bonchev–Trinajstić information content (AvgIpc) is 2.46. The molecule has 0 aromatic heterocycles. The van der Waals surface area contributed by atoms with E-state index in [9.17, 15) is 8.78 Å². The van der Waals surface area contributed by atoms with Crippen LogP contribution in [0.25, 0.3) is 0 Å². The van der Waals surface area contributed by atoms with E-state index >= 15 is 0 Å². The molecule has 0 aliphatic carbocycles. The molecule has 0 radical (unpaired) electrons. The maximum Gasteiger partial charge on any atom is 0.158 e. The second-order valence-corrected chi connectivity index (χ2v) is 3.99. The number of hydrogen-bond donors (Lipinski definition) is 1. The van der Waals surface area contributed by atoms with Gasteiger partial charge in [-0.1, -0.05) is 36.4 Å². The van der Waals surface area contributed by atoms with Gasteiger partial charge in [0.1, 0.15) is 11.6 Å². The number of rotatable bonds is 4. The first-order valence-corrected chi connectivity index (χ1v) is 5.89. The van der Waals surface area contributed by atoms with Crippen molar-refractivity contribution in [2.45, 2.75) is 6.04 Å². The summed E-state index contributed by atoms with van der Waals surface area (Å²) in [5, 5.41) is 12.8. The molecule has 3 nitrogen and oxygen atoms in total. The largest absolute Gasteiger partial charge is 0.288 e. The lowest BCUT2D eigenvalue weighted by molar-refractivity contribution is 0.574. The smallest absolute Gasteiger partial charge is 0.158 e. The Morgan fingerprint density at radius 2 is 1.70 bits per heavy atom. The first-order valence-electron chi connectivity index (χ1n) is 5.89. The van der Waals surface area contributed by atoms with Gasteiger partial charge < -0.3 is 0 Å². The van der Waals surface area contributed by atoms with E-state index in [2.05, 4.69) is 10.5 Å². The van der Waals surface area contributed by atoms with E-state index in [-0.39, 0.29) is 11.1 Å². The van der Waals surface area contributed by atoms with Gasteiger partial charge >= 0.3 is 0 Å². The van der Waals surface area contributed by atoms with Crippen LogP contribution in [0.2, 0.25) is 0 Å². The Bertz CT molecular complexity index is 662. The van der Waals surface area contributed by atoms with Crippen molar-refractivity contribution in [3.8, 4) is 6.07 Å². The number of nitrogens with one attached hydrogen (secondary N) is 1. The van der Waals surface area contributed by atoms with Gasteiger partial charge in [0, 0.05) is 11.1 Å². The summed E-state index contributed by atoms with van der Waals surface area (Å²) in [4.78, 5) is 0. The van der Waals surface area contributed by atoms with Crippen molar-refractivity contribution in [2.75, 3.05) is 0 Å². The first kappa shape index (κ1) is 13.7. The zero-order valence-electron chi connectivity index (χ0n) is 10.4. The van der Waals surface area contributed by atoms with E-state index in [4.69, 9.17) is 5.26 Å². The molecule has 1 unspecified atom stereocenters. The summed E-state index contributed by atoms with van der Waals surface area (Å²) < 4.78 is 26.9. The van der Waals surface area contributed by atoms with Gasteiger partial charge in [0.15, 0.2) is 6.04 Å². The normalized spacial score (nSPS) is 12.1. The molecule has 0 aliphatic heterocycles. The standard InChI is InChI=1S/C15H11F2N3/c16-13-7-3-1-5-11(13)10-19-20-15(9-18)12-6-2-4-8-14(12)17/h1-8,10,15,20H/b19-10+. The molecule has 1 N–H and O–H groups in total. The Kier molecular flexibility index (Phi) is 4.40. The lowest BCUT2D eigenvalue weighted by Gasteiger charge is -2.09. The zero-order chi connectivity index (χ0) is 14.4. The van der Waals surface area contributed by atoms with Crippen LogP contribution in [0.4, 0.5) is 8.78 Å². The van der Waals surface area contributed by atoms with Crippen molar-refractivity contribution < 1.29 is 8.78 Å². The Morgan fingerprint density at radius 1 is 1.05 bits per heavy atom. The summed E-state index contributed by atoms with van der Waals surface area (Å²) in [5.74, 6) is -0.912. The fourth-order valence-corrected chi connectivity index (χ4v) is 1.64. The van der Waals surface area contributed by atoms with Crippen molar-refractivity contribution in [2.24, 2.45) is 5.10 Å². The fourth-order valence-electron chi connectivity index (χ4n) is 1.64. The second kappa shape index (κ2) is 6.43. The first-order chi connectivity index (χ1) is 9.72. The minimum absolute atomic E-state index is 0.195. The van der Waals surface area contributed by atoms with Gasteiger partial charge in [-0.3, -0.25) is 5.43 Å². The van der Waals surface area contributed by atoms with Gasteiger partial charge in [-0.15, -0.1) is 0 Å². The molecule has 0 saturated heterocycles. The molecule has 0 fully saturated rings. The molecule has 2 aromatic carbocycles. The summed E-state index contributed by atoms with van der Waals surface area (Å²) in [5.41, 5.74) is 2.98. The Morgan fingerprint density at radius 3 is 2.35 bits per heavy atom. The monoisotopic (exact) mass is 271 g/mol. The van der Waals surface area contributed by atoms with Gasteiger partial charge in [-0.2, -0.15) is 10.4 Å². The third kappa shape index (κ3) is 3.18. The molecule has 1 atom stereocenters. The van der Waals surface area contributed by atoms with Crippen molar-refractivity contribution >= 4 is 6.21 Å². The number of nitrogens with zero attached hydrogens (tertiary/aromatic N) is 2. The lowest BCUT2D eigenvalue weighted by atomic mass is 10.1. The van der Waals surface area contributed by atoms with E-state index in [0.29, 0.717) is 0 Å². The summed E-state index contributed by atoms with van der Waals surface area (Å²) in [7, 11) is 0. The van der Waals surface area contributed by atoms with Crippen LogP contribution in [-0.2, 0) is 0 Å². The van der Waals surface area contributed by atoms with Crippen LogP contribution in [0.3, 0.4) is 0 Å². The minimum Gasteiger partial charge on any atom is -0.288 e. The Hall–Kier alpha value is -2.74. The van der Waals surface area contributed by atoms with Gasteiger partial charge in [-0.25, -0.2) is 8.78 Å². The highest BCUT2D eigenvalue weighted by Gasteiger charge is 2.13. The molecule has 0 spiro atoms. The number of halogens is 2. The Balaban J connectivity index is 2.11. The average molecular weight is 271 g/mol. The highest BCUT2D eigenvalue weighted by atomic mass is 19.1. The van der Waals surface area contributed by atoms with Crippen LogP contribution < -0.4 is 5.43 Å². The summed E-state index contributed by atoms with van der Waals surface area (Å²) in [6.07, 6.45) is 1.25. The predicted molar refractivity (Wildman–Crippen MR) is 71.9 cm³/mol. The van der Waals surface area contributed by atoms with Crippen molar-refractivity contribution in [3.05, 3.63) is 71.3 Å². The predicted octanol–water partition coefficient (Wildman–Crippen LogP) is 3.15. The number of nitriles is 1. The van der Waals surface area contributed by atoms with E-state index in [1.165, 1.54) is 30.5 Å². The SMILES string of the molecule is N#CC(N/N=C/c1ccccc1F)c1ccccc1F. The van der Waals surface area contributed by atoms with Crippen LogP contribution >= 0.6 is 0 Å². The van der Waals surface area contributed by atoms with Crippen molar-refractivity contribution in [1.82, 2.24) is 5.43 Å². The molecule has 0 amide bonds. The summed E-state index contributed by atoms with van der Waals surface area (Å²) >= 11 is 0. The molecule has 2 rings (SSSR count).